The number of benzene rings is 10. The first-order valence-corrected chi connectivity index (χ1v) is 21.8. The van der Waals surface area contributed by atoms with Crippen LogP contribution in [0, 0.1) is 0 Å². The Morgan fingerprint density at radius 1 is 0.206 bits per heavy atom. The molecule has 2 heteroatoms. The first kappa shape index (κ1) is 36.6. The Labute approximate surface area is 369 Å². The molecular formula is C61H42N2. The molecule has 0 bridgehead atoms. The number of anilines is 6. The summed E-state index contributed by atoms with van der Waals surface area (Å²) in [6.07, 6.45) is 0. The summed E-state index contributed by atoms with van der Waals surface area (Å²) in [4.78, 5) is 4.80. The second kappa shape index (κ2) is 15.1. The van der Waals surface area contributed by atoms with Gasteiger partial charge in [-0.15, -0.1) is 0 Å². The molecule has 0 radical (unpaired) electrons. The minimum absolute atomic E-state index is 0.513. The molecule has 0 aromatic heterocycles. The molecule has 12 rings (SSSR count). The van der Waals surface area contributed by atoms with Crippen molar-refractivity contribution in [2.45, 2.75) is 5.41 Å². The lowest BCUT2D eigenvalue weighted by molar-refractivity contribution is 0.793. The van der Waals surface area contributed by atoms with Gasteiger partial charge in [-0.25, -0.2) is 0 Å². The van der Waals surface area contributed by atoms with E-state index in [9.17, 15) is 0 Å². The molecular weight excluding hydrogens is 761 g/mol. The molecule has 1 atom stereocenters. The van der Waals surface area contributed by atoms with Crippen LogP contribution in [0.3, 0.4) is 0 Å². The van der Waals surface area contributed by atoms with Crippen molar-refractivity contribution >= 4 is 34.1 Å². The highest BCUT2D eigenvalue weighted by Crippen LogP contribution is 2.64. The maximum Gasteiger partial charge on any atom is 0.0726 e. The summed E-state index contributed by atoms with van der Waals surface area (Å²) in [5.41, 5.74) is 21.3. The summed E-state index contributed by atoms with van der Waals surface area (Å²) in [5.74, 6) is 0. The third-order valence-electron chi connectivity index (χ3n) is 13.0. The number of hydrogen-bond acceptors (Lipinski definition) is 2. The van der Waals surface area contributed by atoms with Crippen molar-refractivity contribution in [2.24, 2.45) is 0 Å². The van der Waals surface area contributed by atoms with Crippen LogP contribution in [0.2, 0.25) is 0 Å². The van der Waals surface area contributed by atoms with E-state index in [4.69, 9.17) is 0 Å². The largest absolute Gasteiger partial charge is 0.310 e. The second-order valence-electron chi connectivity index (χ2n) is 16.4. The van der Waals surface area contributed by atoms with Gasteiger partial charge in [-0.2, -0.15) is 0 Å². The van der Waals surface area contributed by atoms with Gasteiger partial charge in [0.15, 0.2) is 0 Å². The summed E-state index contributed by atoms with van der Waals surface area (Å²) >= 11 is 0. The van der Waals surface area contributed by atoms with Crippen molar-refractivity contribution in [1.29, 1.82) is 0 Å². The lowest BCUT2D eigenvalue weighted by Gasteiger charge is -2.32. The van der Waals surface area contributed by atoms with Crippen molar-refractivity contribution in [3.05, 3.63) is 277 Å². The molecule has 2 aliphatic carbocycles. The summed E-state index contributed by atoms with van der Waals surface area (Å²) in [5, 5.41) is 0. The van der Waals surface area contributed by atoms with Gasteiger partial charge < -0.3 is 9.80 Å². The molecule has 63 heavy (non-hydrogen) atoms. The molecule has 10 aromatic rings. The highest BCUT2D eigenvalue weighted by atomic mass is 15.1. The SMILES string of the molecule is c1ccc(-c2ccc(N(c3ccccc3)c3ccc4c(c3)-c3ccccc3C43c4ccccc4-c4ccc(N(c5ccccc5)c5ccccc5)cc43)cc2-c2ccccc2)cc1. The Morgan fingerprint density at radius 2 is 0.556 bits per heavy atom. The Kier molecular flexibility index (Phi) is 8.76. The predicted octanol–water partition coefficient (Wildman–Crippen LogP) is 16.3. The first-order valence-electron chi connectivity index (χ1n) is 21.8. The van der Waals surface area contributed by atoms with Crippen LogP contribution in [0.5, 0.6) is 0 Å². The molecule has 0 fully saturated rings. The van der Waals surface area contributed by atoms with E-state index in [2.05, 4.69) is 265 Å². The van der Waals surface area contributed by atoms with Gasteiger partial charge in [0, 0.05) is 34.1 Å². The molecule has 10 aromatic carbocycles. The van der Waals surface area contributed by atoms with Gasteiger partial charge >= 0.3 is 0 Å². The smallest absolute Gasteiger partial charge is 0.0726 e. The van der Waals surface area contributed by atoms with Crippen LogP contribution < -0.4 is 9.80 Å². The Balaban J connectivity index is 1.07. The molecule has 0 N–H and O–H groups in total. The van der Waals surface area contributed by atoms with E-state index >= 15 is 0 Å². The zero-order chi connectivity index (χ0) is 41.7. The normalized spacial score (nSPS) is 14.1. The number of fused-ring (bicyclic) bond motifs is 10. The molecule has 2 aliphatic rings. The van der Waals surface area contributed by atoms with Crippen LogP contribution in [-0.4, -0.2) is 0 Å². The van der Waals surface area contributed by atoms with E-state index in [0.29, 0.717) is 0 Å². The average molecular weight is 803 g/mol. The van der Waals surface area contributed by atoms with E-state index in [1.807, 2.05) is 0 Å². The van der Waals surface area contributed by atoms with Gasteiger partial charge in [0.1, 0.15) is 0 Å². The average Bonchev–Trinajstić information content (AvgIpc) is 3.82. The number of hydrogen-bond donors (Lipinski definition) is 0. The van der Waals surface area contributed by atoms with Crippen molar-refractivity contribution < 1.29 is 0 Å². The van der Waals surface area contributed by atoms with Crippen molar-refractivity contribution in [2.75, 3.05) is 9.80 Å². The number of rotatable bonds is 8. The highest BCUT2D eigenvalue weighted by Gasteiger charge is 2.52. The van der Waals surface area contributed by atoms with Gasteiger partial charge in [-0.1, -0.05) is 182 Å². The van der Waals surface area contributed by atoms with Crippen LogP contribution in [0.25, 0.3) is 44.5 Å². The summed E-state index contributed by atoms with van der Waals surface area (Å²) in [7, 11) is 0. The lowest BCUT2D eigenvalue weighted by atomic mass is 9.70. The standard InChI is InChI=1S/C61H42N2/c1-6-20-43(21-7-1)51-37-34-48(40-55(51)44-22-8-2-9-23-44)63(47-28-14-5-15-29-47)49-36-39-59-56(41-49)53-31-17-19-33-58(53)61(59)57-32-18-16-30-52(57)54-38-35-50(42-60(54)61)62(45-24-10-3-11-25-45)46-26-12-4-13-27-46/h1-42H. The van der Waals surface area contributed by atoms with E-state index in [0.717, 1.165) is 34.1 Å². The third-order valence-corrected chi connectivity index (χ3v) is 13.0. The summed E-state index contributed by atoms with van der Waals surface area (Å²) < 4.78 is 0. The van der Waals surface area contributed by atoms with Crippen molar-refractivity contribution in [1.82, 2.24) is 0 Å². The predicted molar refractivity (Wildman–Crippen MR) is 263 cm³/mol. The van der Waals surface area contributed by atoms with Crippen LogP contribution in [0.15, 0.2) is 255 Å². The Morgan fingerprint density at radius 3 is 1.10 bits per heavy atom. The minimum Gasteiger partial charge on any atom is -0.310 e. The lowest BCUT2D eigenvalue weighted by Crippen LogP contribution is -2.26. The van der Waals surface area contributed by atoms with Gasteiger partial charge in [0.25, 0.3) is 0 Å². The number of para-hydroxylation sites is 3. The fourth-order valence-electron chi connectivity index (χ4n) is 10.4. The second-order valence-corrected chi connectivity index (χ2v) is 16.4. The molecule has 0 amide bonds. The molecule has 0 saturated heterocycles. The number of nitrogens with zero attached hydrogens (tertiary/aromatic N) is 2. The zero-order valence-electron chi connectivity index (χ0n) is 34.6. The van der Waals surface area contributed by atoms with Gasteiger partial charge in [0.2, 0.25) is 0 Å². The first-order chi connectivity index (χ1) is 31.3. The Bertz CT molecular complexity index is 3230. The molecule has 1 unspecified atom stereocenters. The monoisotopic (exact) mass is 802 g/mol. The van der Waals surface area contributed by atoms with Crippen molar-refractivity contribution in [3.63, 3.8) is 0 Å². The summed E-state index contributed by atoms with van der Waals surface area (Å²) in [6.45, 7) is 0. The molecule has 0 saturated carbocycles. The topological polar surface area (TPSA) is 6.48 Å². The van der Waals surface area contributed by atoms with Gasteiger partial charge in [-0.05, 0) is 140 Å². The van der Waals surface area contributed by atoms with Crippen LogP contribution >= 0.6 is 0 Å². The van der Waals surface area contributed by atoms with E-state index < -0.39 is 5.41 Å². The van der Waals surface area contributed by atoms with E-state index in [1.54, 1.807) is 0 Å². The van der Waals surface area contributed by atoms with Crippen LogP contribution in [0.4, 0.5) is 34.1 Å². The third kappa shape index (κ3) is 5.87. The van der Waals surface area contributed by atoms with Gasteiger partial charge in [0.05, 0.1) is 5.41 Å². The maximum absolute atomic E-state index is 2.46. The zero-order valence-corrected chi connectivity index (χ0v) is 34.6. The molecule has 296 valence electrons. The summed E-state index contributed by atoms with van der Waals surface area (Å²) in [6, 6.07) is 93.1. The Hall–Kier alpha value is -8.20. The molecule has 0 aliphatic heterocycles. The highest BCUT2D eigenvalue weighted by molar-refractivity contribution is 5.98. The molecule has 2 nitrogen and oxygen atoms in total. The molecule has 1 spiro atoms. The fourth-order valence-corrected chi connectivity index (χ4v) is 10.4. The van der Waals surface area contributed by atoms with E-state index in [-0.39, 0.29) is 0 Å². The minimum atomic E-state index is -0.513. The van der Waals surface area contributed by atoms with Crippen molar-refractivity contribution in [3.8, 4) is 44.5 Å². The fraction of sp³-hybridized carbons (Fsp3) is 0.0164. The maximum atomic E-state index is 2.46. The van der Waals surface area contributed by atoms with Crippen LogP contribution in [-0.2, 0) is 5.41 Å². The van der Waals surface area contributed by atoms with Crippen LogP contribution in [0.1, 0.15) is 22.3 Å². The quantitative estimate of drug-likeness (QED) is 0.151. The molecule has 0 heterocycles. The van der Waals surface area contributed by atoms with E-state index in [1.165, 1.54) is 66.8 Å². The van der Waals surface area contributed by atoms with Gasteiger partial charge in [-0.3, -0.25) is 0 Å².